The van der Waals surface area contributed by atoms with Crippen LogP contribution in [-0.2, 0) is 9.53 Å². The van der Waals surface area contributed by atoms with Crippen LogP contribution in [0.25, 0.3) is 0 Å². The van der Waals surface area contributed by atoms with E-state index in [4.69, 9.17) is 4.74 Å². The number of carbonyl (C=O) groups is 1. The summed E-state index contributed by atoms with van der Waals surface area (Å²) in [7, 11) is 1.47. The number of methoxy groups -OCH3 is 1. The molecule has 0 aromatic carbocycles. The molecule has 0 fully saturated rings. The van der Waals surface area contributed by atoms with Gasteiger partial charge in [0.05, 0.1) is 13.0 Å². The number of hydrogen-bond acceptors (Lipinski definition) is 2. The standard InChI is InChI=1S/C10H20O2.ClH/c1-4-6-8-9(7-5-2)10(11)12-3;/h9H,4-8H2,1-3H3;1H. The molecule has 0 spiro atoms. The lowest BCUT2D eigenvalue weighted by atomic mass is 9.97. The van der Waals surface area contributed by atoms with Gasteiger partial charge in [0.1, 0.15) is 0 Å². The third-order valence-electron chi connectivity index (χ3n) is 2.08. The summed E-state index contributed by atoms with van der Waals surface area (Å²) in [6, 6.07) is 0. The van der Waals surface area contributed by atoms with Crippen molar-refractivity contribution in [1.29, 1.82) is 0 Å². The molecular formula is C10H21ClO2. The fraction of sp³-hybridized carbons (Fsp3) is 0.900. The van der Waals surface area contributed by atoms with Crippen molar-refractivity contribution >= 4 is 18.4 Å². The maximum atomic E-state index is 11.2. The molecule has 0 amide bonds. The van der Waals surface area contributed by atoms with E-state index in [0.29, 0.717) is 0 Å². The van der Waals surface area contributed by atoms with Crippen LogP contribution in [0, 0.1) is 5.92 Å². The van der Waals surface area contributed by atoms with Crippen LogP contribution in [0.1, 0.15) is 46.0 Å². The van der Waals surface area contributed by atoms with Gasteiger partial charge in [-0.2, -0.15) is 0 Å². The summed E-state index contributed by atoms with van der Waals surface area (Å²) in [4.78, 5) is 11.2. The zero-order chi connectivity index (χ0) is 9.40. The van der Waals surface area contributed by atoms with Gasteiger partial charge < -0.3 is 4.74 Å². The zero-order valence-corrected chi connectivity index (χ0v) is 9.65. The molecule has 13 heavy (non-hydrogen) atoms. The predicted octanol–water partition coefficient (Wildman–Crippen LogP) is 3.19. The van der Waals surface area contributed by atoms with E-state index in [-0.39, 0.29) is 24.3 Å². The second kappa shape index (κ2) is 9.85. The van der Waals surface area contributed by atoms with Gasteiger partial charge in [0.15, 0.2) is 0 Å². The van der Waals surface area contributed by atoms with Gasteiger partial charge in [-0.1, -0.05) is 33.1 Å². The number of unbranched alkanes of at least 4 members (excludes halogenated alkanes) is 1. The highest BCUT2D eigenvalue weighted by atomic mass is 35.5. The van der Waals surface area contributed by atoms with Crippen molar-refractivity contribution in [3.63, 3.8) is 0 Å². The normalized spacial score (nSPS) is 11.6. The average Bonchev–Trinajstić information content (AvgIpc) is 2.11. The van der Waals surface area contributed by atoms with Crippen molar-refractivity contribution < 1.29 is 9.53 Å². The number of rotatable bonds is 6. The number of esters is 1. The Hall–Kier alpha value is -0.240. The molecule has 3 heteroatoms. The fourth-order valence-electron chi connectivity index (χ4n) is 1.35. The molecule has 0 aliphatic heterocycles. The highest BCUT2D eigenvalue weighted by Crippen LogP contribution is 2.15. The Labute approximate surface area is 87.5 Å². The minimum absolute atomic E-state index is 0. The Morgan fingerprint density at radius 1 is 1.23 bits per heavy atom. The van der Waals surface area contributed by atoms with Gasteiger partial charge >= 0.3 is 5.97 Å². The summed E-state index contributed by atoms with van der Waals surface area (Å²) in [6.07, 6.45) is 5.28. The first-order valence-corrected chi connectivity index (χ1v) is 4.84. The molecule has 0 bridgehead atoms. The van der Waals surface area contributed by atoms with Crippen molar-refractivity contribution in [1.82, 2.24) is 0 Å². The van der Waals surface area contributed by atoms with Crippen molar-refractivity contribution in [2.24, 2.45) is 5.92 Å². The van der Waals surface area contributed by atoms with Crippen molar-refractivity contribution in [2.45, 2.75) is 46.0 Å². The second-order valence-electron chi connectivity index (χ2n) is 3.15. The highest BCUT2D eigenvalue weighted by Gasteiger charge is 2.16. The van der Waals surface area contributed by atoms with Crippen LogP contribution in [0.4, 0.5) is 0 Å². The average molecular weight is 209 g/mol. The summed E-state index contributed by atoms with van der Waals surface area (Å²) in [6.45, 7) is 4.24. The van der Waals surface area contributed by atoms with E-state index in [1.807, 2.05) is 0 Å². The number of hydrogen-bond donors (Lipinski definition) is 0. The zero-order valence-electron chi connectivity index (χ0n) is 8.84. The minimum atomic E-state index is -0.0368. The van der Waals surface area contributed by atoms with Crippen LogP contribution in [-0.4, -0.2) is 13.1 Å². The third-order valence-corrected chi connectivity index (χ3v) is 2.08. The van der Waals surface area contributed by atoms with Crippen molar-refractivity contribution in [3.05, 3.63) is 0 Å². The monoisotopic (exact) mass is 208 g/mol. The molecule has 0 rings (SSSR count). The predicted molar refractivity (Wildman–Crippen MR) is 57.2 cm³/mol. The maximum absolute atomic E-state index is 11.2. The molecule has 0 heterocycles. The van der Waals surface area contributed by atoms with Gasteiger partial charge in [-0.05, 0) is 12.8 Å². The smallest absolute Gasteiger partial charge is 0.308 e. The summed E-state index contributed by atoms with van der Waals surface area (Å²) in [5, 5.41) is 0. The van der Waals surface area contributed by atoms with Gasteiger partial charge in [-0.3, -0.25) is 4.79 Å². The molecule has 0 aliphatic carbocycles. The van der Waals surface area contributed by atoms with Crippen LogP contribution in [0.5, 0.6) is 0 Å². The summed E-state index contributed by atoms with van der Waals surface area (Å²) < 4.78 is 4.72. The molecule has 0 aromatic rings. The lowest BCUT2D eigenvalue weighted by molar-refractivity contribution is -0.146. The van der Waals surface area contributed by atoms with Crippen molar-refractivity contribution in [2.75, 3.05) is 7.11 Å². The molecule has 80 valence electrons. The van der Waals surface area contributed by atoms with E-state index in [9.17, 15) is 4.79 Å². The Bertz CT molecular complexity index is 126. The molecule has 0 saturated heterocycles. The lowest BCUT2D eigenvalue weighted by Crippen LogP contribution is -2.15. The van der Waals surface area contributed by atoms with Crippen molar-refractivity contribution in [3.8, 4) is 0 Å². The van der Waals surface area contributed by atoms with Gasteiger partial charge in [-0.15, -0.1) is 12.4 Å². The van der Waals surface area contributed by atoms with E-state index in [0.717, 1.165) is 32.1 Å². The summed E-state index contributed by atoms with van der Waals surface area (Å²) >= 11 is 0. The Morgan fingerprint density at radius 2 is 1.85 bits per heavy atom. The third kappa shape index (κ3) is 6.88. The largest absolute Gasteiger partial charge is 0.469 e. The van der Waals surface area contributed by atoms with Crippen LogP contribution in [0.3, 0.4) is 0 Å². The lowest BCUT2D eigenvalue weighted by Gasteiger charge is -2.12. The topological polar surface area (TPSA) is 26.3 Å². The van der Waals surface area contributed by atoms with Gasteiger partial charge in [0, 0.05) is 0 Å². The van der Waals surface area contributed by atoms with Gasteiger partial charge in [0.2, 0.25) is 0 Å². The highest BCUT2D eigenvalue weighted by molar-refractivity contribution is 5.85. The van der Waals surface area contributed by atoms with Crippen LogP contribution >= 0.6 is 12.4 Å². The summed E-state index contributed by atoms with van der Waals surface area (Å²) in [5.74, 6) is 0.102. The quantitative estimate of drug-likeness (QED) is 0.627. The molecule has 0 radical (unpaired) electrons. The summed E-state index contributed by atoms with van der Waals surface area (Å²) in [5.41, 5.74) is 0. The Morgan fingerprint density at radius 3 is 2.23 bits per heavy atom. The number of halogens is 1. The number of ether oxygens (including phenoxy) is 1. The second-order valence-corrected chi connectivity index (χ2v) is 3.15. The van der Waals surface area contributed by atoms with E-state index in [1.54, 1.807) is 0 Å². The SMILES string of the molecule is CCCCC(CCC)C(=O)OC.Cl. The molecular weight excluding hydrogens is 188 g/mol. The van der Waals surface area contributed by atoms with Crippen LogP contribution in [0.15, 0.2) is 0 Å². The molecule has 0 saturated carbocycles. The first-order valence-electron chi connectivity index (χ1n) is 4.84. The molecule has 1 atom stereocenters. The Kier molecular flexibility index (Phi) is 11.5. The molecule has 0 aliphatic rings. The Balaban J connectivity index is 0. The maximum Gasteiger partial charge on any atom is 0.308 e. The first-order chi connectivity index (χ1) is 5.76. The van der Waals surface area contributed by atoms with E-state index < -0.39 is 0 Å². The van der Waals surface area contributed by atoms with Gasteiger partial charge in [-0.25, -0.2) is 0 Å². The van der Waals surface area contributed by atoms with E-state index in [1.165, 1.54) is 7.11 Å². The fourth-order valence-corrected chi connectivity index (χ4v) is 1.35. The molecule has 1 unspecified atom stereocenters. The first kappa shape index (κ1) is 15.2. The van der Waals surface area contributed by atoms with E-state index >= 15 is 0 Å². The van der Waals surface area contributed by atoms with Crippen LogP contribution < -0.4 is 0 Å². The van der Waals surface area contributed by atoms with E-state index in [2.05, 4.69) is 13.8 Å². The number of carbonyl (C=O) groups excluding carboxylic acids is 1. The molecule has 0 aromatic heterocycles. The molecule has 0 N–H and O–H groups in total. The molecule has 2 nitrogen and oxygen atoms in total. The minimum Gasteiger partial charge on any atom is -0.469 e. The van der Waals surface area contributed by atoms with Crippen LogP contribution in [0.2, 0.25) is 0 Å². The van der Waals surface area contributed by atoms with Gasteiger partial charge in [0.25, 0.3) is 0 Å².